The number of aromatic nitrogens is 1. The lowest BCUT2D eigenvalue weighted by Gasteiger charge is -2.10. The van der Waals surface area contributed by atoms with E-state index in [2.05, 4.69) is 4.74 Å². The van der Waals surface area contributed by atoms with Crippen molar-refractivity contribution in [1.29, 1.82) is 0 Å². The summed E-state index contributed by atoms with van der Waals surface area (Å²) in [5, 5.41) is 1.22. The van der Waals surface area contributed by atoms with E-state index in [9.17, 15) is 14.0 Å². The number of amides is 1. The third-order valence-electron chi connectivity index (χ3n) is 5.00. The monoisotopic (exact) mass is 406 g/mol. The maximum Gasteiger partial charge on any atom is 0.343 e. The van der Waals surface area contributed by atoms with Crippen LogP contribution < -0.4 is 10.5 Å². The van der Waals surface area contributed by atoms with Crippen LogP contribution in [0.1, 0.15) is 15.9 Å². The number of fused-ring (bicyclic) bond motifs is 3. The zero-order chi connectivity index (χ0) is 21.3. The zero-order valence-corrected chi connectivity index (χ0v) is 16.2. The number of esters is 1. The number of halogens is 1. The first-order valence-electron chi connectivity index (χ1n) is 9.28. The normalized spacial score (nSPS) is 11.0. The summed E-state index contributed by atoms with van der Waals surface area (Å²) in [5.41, 5.74) is 7.88. The van der Waals surface area contributed by atoms with Gasteiger partial charge in [-0.1, -0.05) is 30.3 Å². The van der Waals surface area contributed by atoms with Crippen molar-refractivity contribution in [1.82, 2.24) is 4.57 Å². The van der Waals surface area contributed by atoms with Crippen molar-refractivity contribution in [2.45, 2.75) is 6.54 Å². The van der Waals surface area contributed by atoms with E-state index in [0.717, 1.165) is 5.52 Å². The molecule has 0 atom stereocenters. The Labute approximate surface area is 171 Å². The summed E-state index contributed by atoms with van der Waals surface area (Å²) in [6, 6.07) is 17.1. The first-order valence-corrected chi connectivity index (χ1v) is 9.28. The molecule has 1 aromatic heterocycles. The van der Waals surface area contributed by atoms with Crippen molar-refractivity contribution in [3.8, 4) is 5.75 Å². The first kappa shape index (κ1) is 19.4. The van der Waals surface area contributed by atoms with Crippen molar-refractivity contribution >= 4 is 33.7 Å². The highest BCUT2D eigenvalue weighted by Crippen LogP contribution is 2.38. The van der Waals surface area contributed by atoms with E-state index in [1.54, 1.807) is 42.5 Å². The van der Waals surface area contributed by atoms with Crippen molar-refractivity contribution in [2.24, 2.45) is 5.73 Å². The van der Waals surface area contributed by atoms with Gasteiger partial charge in [0.25, 0.3) is 0 Å². The highest BCUT2D eigenvalue weighted by Gasteiger charge is 2.20. The van der Waals surface area contributed by atoms with Crippen LogP contribution in [-0.4, -0.2) is 30.2 Å². The highest BCUT2D eigenvalue weighted by atomic mass is 19.1. The Morgan fingerprint density at radius 3 is 2.37 bits per heavy atom. The number of hydrogen-bond donors (Lipinski definition) is 1. The van der Waals surface area contributed by atoms with Crippen LogP contribution in [0.2, 0.25) is 0 Å². The Hall–Kier alpha value is -3.87. The average molecular weight is 406 g/mol. The second-order valence-electron chi connectivity index (χ2n) is 6.76. The number of rotatable bonds is 6. The van der Waals surface area contributed by atoms with Gasteiger partial charge in [-0.05, 0) is 30.3 Å². The molecule has 0 unspecified atom stereocenters. The molecule has 0 aliphatic rings. The van der Waals surface area contributed by atoms with E-state index in [-0.39, 0.29) is 19.0 Å². The number of hydrogen-bond acceptors (Lipinski definition) is 4. The van der Waals surface area contributed by atoms with Crippen LogP contribution in [0.3, 0.4) is 0 Å². The maximum absolute atomic E-state index is 14.4. The maximum atomic E-state index is 14.4. The number of primary amides is 1. The van der Waals surface area contributed by atoms with E-state index in [1.807, 2.05) is 16.7 Å². The molecule has 0 saturated carbocycles. The second-order valence-corrected chi connectivity index (χ2v) is 6.76. The SMILES string of the molecule is COC(=O)COc1cccc2c1c1c(C(N)=O)cccc1n2Cc1ccccc1F. The summed E-state index contributed by atoms with van der Waals surface area (Å²) in [5.74, 6) is -1.04. The van der Waals surface area contributed by atoms with Gasteiger partial charge in [0.05, 0.1) is 30.1 Å². The molecule has 0 aliphatic heterocycles. The van der Waals surface area contributed by atoms with Crippen LogP contribution in [-0.2, 0) is 16.1 Å². The molecule has 6 nitrogen and oxygen atoms in total. The van der Waals surface area contributed by atoms with Gasteiger partial charge in [0.15, 0.2) is 6.61 Å². The molecule has 0 fully saturated rings. The van der Waals surface area contributed by atoms with Crippen LogP contribution in [0.5, 0.6) is 5.75 Å². The van der Waals surface area contributed by atoms with Gasteiger partial charge in [-0.15, -0.1) is 0 Å². The Morgan fingerprint density at radius 1 is 0.967 bits per heavy atom. The molecular weight excluding hydrogens is 387 g/mol. The van der Waals surface area contributed by atoms with Gasteiger partial charge in [-0.2, -0.15) is 0 Å². The molecule has 7 heteroatoms. The van der Waals surface area contributed by atoms with Gasteiger partial charge >= 0.3 is 5.97 Å². The fraction of sp³-hybridized carbons (Fsp3) is 0.130. The van der Waals surface area contributed by atoms with Crippen LogP contribution in [0, 0.1) is 5.82 Å². The number of benzene rings is 3. The summed E-state index contributed by atoms with van der Waals surface area (Å²) >= 11 is 0. The van der Waals surface area contributed by atoms with Crippen molar-refractivity contribution in [3.63, 3.8) is 0 Å². The molecule has 0 saturated heterocycles. The molecule has 2 N–H and O–H groups in total. The van der Waals surface area contributed by atoms with Gasteiger partial charge in [-0.25, -0.2) is 9.18 Å². The van der Waals surface area contributed by atoms with Crippen LogP contribution in [0.25, 0.3) is 21.8 Å². The lowest BCUT2D eigenvalue weighted by Crippen LogP contribution is -2.13. The lowest BCUT2D eigenvalue weighted by atomic mass is 10.1. The molecule has 1 heterocycles. The summed E-state index contributed by atoms with van der Waals surface area (Å²) in [7, 11) is 1.28. The number of carbonyl (C=O) groups is 2. The van der Waals surface area contributed by atoms with Gasteiger partial charge < -0.3 is 19.8 Å². The third kappa shape index (κ3) is 3.34. The molecule has 0 radical (unpaired) electrons. The summed E-state index contributed by atoms with van der Waals surface area (Å²) in [6.07, 6.45) is 0. The van der Waals surface area contributed by atoms with E-state index in [1.165, 1.54) is 13.2 Å². The molecule has 0 aliphatic carbocycles. The molecule has 3 aromatic carbocycles. The van der Waals surface area contributed by atoms with E-state index >= 15 is 0 Å². The van der Waals surface area contributed by atoms with Crippen molar-refractivity contribution in [2.75, 3.05) is 13.7 Å². The minimum absolute atomic E-state index is 0.245. The van der Waals surface area contributed by atoms with E-state index < -0.39 is 11.9 Å². The smallest absolute Gasteiger partial charge is 0.343 e. The zero-order valence-electron chi connectivity index (χ0n) is 16.2. The second kappa shape index (κ2) is 7.87. The van der Waals surface area contributed by atoms with E-state index in [4.69, 9.17) is 10.5 Å². The van der Waals surface area contributed by atoms with Crippen LogP contribution >= 0.6 is 0 Å². The van der Waals surface area contributed by atoms with Crippen molar-refractivity contribution < 1.29 is 23.5 Å². The molecule has 4 rings (SSSR count). The fourth-order valence-electron chi connectivity index (χ4n) is 3.64. The average Bonchev–Trinajstić information content (AvgIpc) is 3.07. The number of nitrogens with two attached hydrogens (primary N) is 1. The Morgan fingerprint density at radius 2 is 1.67 bits per heavy atom. The molecule has 1 amide bonds. The number of ether oxygens (including phenoxy) is 2. The lowest BCUT2D eigenvalue weighted by molar-refractivity contribution is -0.142. The molecular formula is C23H19FN2O4. The van der Waals surface area contributed by atoms with Crippen LogP contribution in [0.4, 0.5) is 4.39 Å². The van der Waals surface area contributed by atoms with Gasteiger partial charge in [0.2, 0.25) is 5.91 Å². The van der Waals surface area contributed by atoms with Crippen LogP contribution in [0.15, 0.2) is 60.7 Å². The van der Waals surface area contributed by atoms with E-state index in [0.29, 0.717) is 33.2 Å². The van der Waals surface area contributed by atoms with Gasteiger partial charge in [0.1, 0.15) is 11.6 Å². The Balaban J connectivity index is 1.99. The third-order valence-corrected chi connectivity index (χ3v) is 5.00. The Bertz CT molecular complexity index is 1280. The summed E-state index contributed by atoms with van der Waals surface area (Å²) < 4.78 is 26.6. The summed E-state index contributed by atoms with van der Waals surface area (Å²) in [6.45, 7) is -0.0380. The molecule has 0 spiro atoms. The fourth-order valence-corrected chi connectivity index (χ4v) is 3.64. The largest absolute Gasteiger partial charge is 0.481 e. The topological polar surface area (TPSA) is 83.6 Å². The first-order chi connectivity index (χ1) is 14.5. The quantitative estimate of drug-likeness (QED) is 0.496. The van der Waals surface area contributed by atoms with Gasteiger partial charge in [0, 0.05) is 16.5 Å². The number of nitrogens with zero attached hydrogens (tertiary/aromatic N) is 1. The molecule has 30 heavy (non-hydrogen) atoms. The van der Waals surface area contributed by atoms with Gasteiger partial charge in [-0.3, -0.25) is 4.79 Å². The predicted octanol–water partition coefficient (Wildman–Crippen LogP) is 3.63. The molecule has 0 bridgehead atoms. The summed E-state index contributed by atoms with van der Waals surface area (Å²) in [4.78, 5) is 23.7. The highest BCUT2D eigenvalue weighted by molar-refractivity contribution is 6.19. The minimum Gasteiger partial charge on any atom is -0.481 e. The standard InChI is InChI=1S/C23H19FN2O4/c1-29-20(27)13-30-19-11-5-10-18-22(19)21-15(23(25)28)7-4-9-17(21)26(18)12-14-6-2-3-8-16(14)24/h2-11H,12-13H2,1H3,(H2,25,28). The Kier molecular flexibility index (Phi) is 5.10. The molecule has 152 valence electrons. The predicted molar refractivity (Wildman–Crippen MR) is 111 cm³/mol. The number of methoxy groups -OCH3 is 1. The van der Waals surface area contributed by atoms with Crippen molar-refractivity contribution in [3.05, 3.63) is 77.6 Å². The minimum atomic E-state index is -0.590. The number of carbonyl (C=O) groups excluding carboxylic acids is 2. The molecule has 4 aromatic rings.